The number of anilines is 2. The van der Waals surface area contributed by atoms with Gasteiger partial charge in [0, 0.05) is 9.86 Å². The first-order valence-corrected chi connectivity index (χ1v) is 4.71. The number of fused-ring (bicyclic) bond motifs is 1. The average Bonchev–Trinajstić information content (AvgIpc) is 2.12. The molecule has 0 spiro atoms. The minimum Gasteiger partial charge on any atom is -0.397 e. The molecule has 0 amide bonds. The van der Waals surface area contributed by atoms with Crippen molar-refractivity contribution < 1.29 is 0 Å². The van der Waals surface area contributed by atoms with Gasteiger partial charge < -0.3 is 11.5 Å². The Balaban J connectivity index is 2.87. The smallest absolute Gasteiger partial charge is 0.0627 e. The molecule has 66 valence electrons. The van der Waals surface area contributed by atoms with Gasteiger partial charge in [0.25, 0.3) is 0 Å². The molecule has 0 radical (unpaired) electrons. The van der Waals surface area contributed by atoms with Gasteiger partial charge in [-0.15, -0.1) is 0 Å². The zero-order valence-electron chi connectivity index (χ0n) is 6.92. The molecule has 0 unspecified atom stereocenters. The highest BCUT2D eigenvalue weighted by molar-refractivity contribution is 9.10. The van der Waals surface area contributed by atoms with Crippen LogP contribution in [0.3, 0.4) is 0 Å². The fourth-order valence-corrected chi connectivity index (χ4v) is 1.72. The van der Waals surface area contributed by atoms with Crippen LogP contribution in [-0.2, 0) is 0 Å². The summed E-state index contributed by atoms with van der Waals surface area (Å²) < 4.78 is 1.05. The van der Waals surface area contributed by atoms with Crippen LogP contribution in [0.5, 0.6) is 0 Å². The van der Waals surface area contributed by atoms with Crippen molar-refractivity contribution in [3.05, 3.63) is 34.8 Å². The maximum Gasteiger partial charge on any atom is 0.0627 e. The summed E-state index contributed by atoms with van der Waals surface area (Å²) in [5.41, 5.74) is 12.8. The molecule has 0 fully saturated rings. The van der Waals surface area contributed by atoms with Gasteiger partial charge in [-0.25, -0.2) is 0 Å². The Labute approximate surface area is 84.7 Å². The summed E-state index contributed by atoms with van der Waals surface area (Å²) in [7, 11) is 0. The molecule has 0 aromatic heterocycles. The van der Waals surface area contributed by atoms with Crippen LogP contribution in [0.25, 0.3) is 10.8 Å². The van der Waals surface area contributed by atoms with E-state index in [0.29, 0.717) is 11.4 Å². The van der Waals surface area contributed by atoms with Crippen LogP contribution < -0.4 is 11.5 Å². The van der Waals surface area contributed by atoms with Gasteiger partial charge in [0.05, 0.1) is 11.4 Å². The minimum atomic E-state index is 0.634. The fourth-order valence-electron chi connectivity index (χ4n) is 1.34. The standard InChI is InChI=1S/C10H9BrN2/c11-7-2-3-8-6(5-7)1-4-9(12)10(8)13/h1-5H,12-13H2. The Morgan fingerprint density at radius 2 is 1.77 bits per heavy atom. The first-order chi connectivity index (χ1) is 6.18. The van der Waals surface area contributed by atoms with Gasteiger partial charge in [-0.05, 0) is 23.6 Å². The Bertz CT molecular complexity index is 466. The molecule has 0 saturated heterocycles. The third kappa shape index (κ3) is 1.35. The fraction of sp³-hybridized carbons (Fsp3) is 0. The van der Waals surface area contributed by atoms with E-state index < -0.39 is 0 Å². The number of benzene rings is 2. The van der Waals surface area contributed by atoms with Crippen molar-refractivity contribution in [2.45, 2.75) is 0 Å². The summed E-state index contributed by atoms with van der Waals surface area (Å²) in [6.45, 7) is 0. The van der Waals surface area contributed by atoms with Crippen LogP contribution in [0.1, 0.15) is 0 Å². The number of hydrogen-bond donors (Lipinski definition) is 2. The molecular weight excluding hydrogens is 228 g/mol. The van der Waals surface area contributed by atoms with E-state index in [9.17, 15) is 0 Å². The van der Waals surface area contributed by atoms with Gasteiger partial charge in [-0.1, -0.05) is 28.1 Å². The van der Waals surface area contributed by atoms with E-state index >= 15 is 0 Å². The van der Waals surface area contributed by atoms with Gasteiger partial charge in [0.1, 0.15) is 0 Å². The second-order valence-electron chi connectivity index (χ2n) is 2.93. The van der Waals surface area contributed by atoms with E-state index in [1.165, 1.54) is 0 Å². The first kappa shape index (κ1) is 8.38. The molecule has 0 heterocycles. The molecule has 0 saturated carbocycles. The molecule has 0 aliphatic carbocycles. The Hall–Kier alpha value is -1.22. The topological polar surface area (TPSA) is 52.0 Å². The molecule has 0 aliphatic rings. The van der Waals surface area contributed by atoms with E-state index in [0.717, 1.165) is 15.2 Å². The summed E-state index contributed by atoms with van der Waals surface area (Å²) in [5.74, 6) is 0. The molecule has 4 N–H and O–H groups in total. The van der Waals surface area contributed by atoms with Crippen LogP contribution in [0.2, 0.25) is 0 Å². The second kappa shape index (κ2) is 2.92. The molecule has 13 heavy (non-hydrogen) atoms. The van der Waals surface area contributed by atoms with E-state index in [1.807, 2.05) is 30.3 Å². The van der Waals surface area contributed by atoms with Crippen molar-refractivity contribution in [3.8, 4) is 0 Å². The van der Waals surface area contributed by atoms with Crippen molar-refractivity contribution >= 4 is 38.1 Å². The molecular formula is C10H9BrN2. The SMILES string of the molecule is Nc1ccc2cc(Br)ccc2c1N. The third-order valence-electron chi connectivity index (χ3n) is 2.06. The Morgan fingerprint density at radius 1 is 1.00 bits per heavy atom. The predicted molar refractivity (Wildman–Crippen MR) is 60.5 cm³/mol. The quantitative estimate of drug-likeness (QED) is 0.692. The van der Waals surface area contributed by atoms with E-state index in [4.69, 9.17) is 11.5 Å². The third-order valence-corrected chi connectivity index (χ3v) is 2.55. The molecule has 2 rings (SSSR count). The molecule has 2 aromatic carbocycles. The van der Waals surface area contributed by atoms with Gasteiger partial charge >= 0.3 is 0 Å². The summed E-state index contributed by atoms with van der Waals surface area (Å²) in [6, 6.07) is 9.73. The number of rotatable bonds is 0. The highest BCUT2D eigenvalue weighted by atomic mass is 79.9. The van der Waals surface area contributed by atoms with Crippen molar-refractivity contribution in [1.29, 1.82) is 0 Å². The van der Waals surface area contributed by atoms with E-state index in [2.05, 4.69) is 15.9 Å². The molecule has 2 aromatic rings. The molecule has 3 heteroatoms. The first-order valence-electron chi connectivity index (χ1n) is 3.92. The number of nitrogens with two attached hydrogens (primary N) is 2. The van der Waals surface area contributed by atoms with Gasteiger partial charge in [0.15, 0.2) is 0 Å². The predicted octanol–water partition coefficient (Wildman–Crippen LogP) is 2.77. The number of halogens is 1. The molecule has 2 nitrogen and oxygen atoms in total. The van der Waals surface area contributed by atoms with E-state index in [-0.39, 0.29) is 0 Å². The highest BCUT2D eigenvalue weighted by Gasteiger charge is 2.01. The molecule has 0 bridgehead atoms. The summed E-state index contributed by atoms with van der Waals surface area (Å²) in [5, 5.41) is 2.10. The second-order valence-corrected chi connectivity index (χ2v) is 3.85. The highest BCUT2D eigenvalue weighted by Crippen LogP contribution is 2.28. The average molecular weight is 237 g/mol. The number of nitrogen functional groups attached to an aromatic ring is 2. The summed E-state index contributed by atoms with van der Waals surface area (Å²) >= 11 is 3.40. The monoisotopic (exact) mass is 236 g/mol. The van der Waals surface area contributed by atoms with Gasteiger partial charge in [0.2, 0.25) is 0 Å². The largest absolute Gasteiger partial charge is 0.397 e. The molecule has 0 atom stereocenters. The van der Waals surface area contributed by atoms with Crippen LogP contribution >= 0.6 is 15.9 Å². The zero-order chi connectivity index (χ0) is 9.42. The van der Waals surface area contributed by atoms with Crippen LogP contribution in [0, 0.1) is 0 Å². The van der Waals surface area contributed by atoms with Crippen molar-refractivity contribution in [1.82, 2.24) is 0 Å². The van der Waals surface area contributed by atoms with Gasteiger partial charge in [-0.3, -0.25) is 0 Å². The maximum atomic E-state index is 5.83. The maximum absolute atomic E-state index is 5.83. The van der Waals surface area contributed by atoms with Crippen molar-refractivity contribution in [2.75, 3.05) is 11.5 Å². The van der Waals surface area contributed by atoms with Crippen molar-refractivity contribution in [2.24, 2.45) is 0 Å². The normalized spacial score (nSPS) is 10.5. The molecule has 0 aliphatic heterocycles. The van der Waals surface area contributed by atoms with Crippen molar-refractivity contribution in [3.63, 3.8) is 0 Å². The lowest BCUT2D eigenvalue weighted by molar-refractivity contribution is 1.68. The lowest BCUT2D eigenvalue weighted by Crippen LogP contribution is -1.94. The van der Waals surface area contributed by atoms with Crippen LogP contribution in [0.15, 0.2) is 34.8 Å². The van der Waals surface area contributed by atoms with Crippen LogP contribution in [0.4, 0.5) is 11.4 Å². The van der Waals surface area contributed by atoms with Crippen LogP contribution in [-0.4, -0.2) is 0 Å². The Kier molecular flexibility index (Phi) is 1.88. The minimum absolute atomic E-state index is 0.634. The Morgan fingerprint density at radius 3 is 2.54 bits per heavy atom. The lowest BCUT2D eigenvalue weighted by atomic mass is 10.1. The lowest BCUT2D eigenvalue weighted by Gasteiger charge is -2.05. The number of hydrogen-bond acceptors (Lipinski definition) is 2. The van der Waals surface area contributed by atoms with E-state index in [1.54, 1.807) is 0 Å². The zero-order valence-corrected chi connectivity index (χ0v) is 8.51. The summed E-state index contributed by atoms with van der Waals surface area (Å²) in [4.78, 5) is 0. The summed E-state index contributed by atoms with van der Waals surface area (Å²) in [6.07, 6.45) is 0. The van der Waals surface area contributed by atoms with Gasteiger partial charge in [-0.2, -0.15) is 0 Å².